The number of benzene rings is 2. The van der Waals surface area contributed by atoms with Crippen molar-refractivity contribution in [2.24, 2.45) is 11.8 Å². The van der Waals surface area contributed by atoms with Crippen molar-refractivity contribution < 1.29 is 18.6 Å². The van der Waals surface area contributed by atoms with E-state index in [0.717, 1.165) is 44.5 Å². The fourth-order valence-electron chi connectivity index (χ4n) is 6.19. The molecule has 3 heterocycles. The molecule has 37 heavy (non-hydrogen) atoms. The molecule has 8 heteroatoms. The Hall–Kier alpha value is -3.70. The van der Waals surface area contributed by atoms with Crippen LogP contribution in [0, 0.1) is 35.8 Å². The number of nitrogens with one attached hydrogen (secondary N) is 1. The van der Waals surface area contributed by atoms with Crippen LogP contribution in [-0.4, -0.2) is 39.1 Å². The van der Waals surface area contributed by atoms with Crippen LogP contribution in [0.1, 0.15) is 48.9 Å². The Morgan fingerprint density at radius 2 is 1.86 bits per heavy atom. The molecule has 4 aliphatic rings. The average Bonchev–Trinajstić information content (AvgIpc) is 3.85. The summed E-state index contributed by atoms with van der Waals surface area (Å²) in [6.45, 7) is 1.88. The van der Waals surface area contributed by atoms with E-state index < -0.39 is 11.6 Å². The standard InChI is InChI=1S/C29H24F2N4O2/c1-2-17-21(30)8-3-13-9-15(36)10-18(22(13)17)26-25(31)28-24(29(33-26)37-16-6-7-16)27(34-35(28)14-4-5-14)23-19-11-32-12-20(19)23/h1,3,8-10,14,16,19-20,23,32,36H,4-7,11-12H2/t19-,20+,23?. The van der Waals surface area contributed by atoms with Gasteiger partial charge in [0.05, 0.1) is 22.7 Å². The Morgan fingerprint density at radius 3 is 2.57 bits per heavy atom. The van der Waals surface area contributed by atoms with E-state index in [4.69, 9.17) is 21.2 Å². The summed E-state index contributed by atoms with van der Waals surface area (Å²) < 4.78 is 39.6. The lowest BCUT2D eigenvalue weighted by atomic mass is 9.95. The molecule has 4 aromatic rings. The molecule has 4 fully saturated rings. The third-order valence-corrected chi connectivity index (χ3v) is 8.33. The van der Waals surface area contributed by atoms with Crippen molar-refractivity contribution >= 4 is 21.7 Å². The SMILES string of the molecule is C#Cc1c(F)ccc2cc(O)cc(-c3nc(OC4CC4)c4c(C5[C@H]6CNC[C@@H]56)nn(C5CC5)c4c3F)c12. The lowest BCUT2D eigenvalue weighted by Gasteiger charge is -2.15. The van der Waals surface area contributed by atoms with Gasteiger partial charge in [-0.25, -0.2) is 13.8 Å². The van der Waals surface area contributed by atoms with E-state index in [1.807, 2.05) is 4.68 Å². The zero-order valence-corrected chi connectivity index (χ0v) is 20.0. The van der Waals surface area contributed by atoms with Crippen molar-refractivity contribution in [2.45, 2.75) is 43.7 Å². The van der Waals surface area contributed by atoms with Gasteiger partial charge in [0.15, 0.2) is 5.82 Å². The van der Waals surface area contributed by atoms with E-state index in [-0.39, 0.29) is 40.6 Å². The number of pyridine rings is 1. The van der Waals surface area contributed by atoms with Crippen LogP contribution in [-0.2, 0) is 0 Å². The number of halogens is 2. The second-order valence-corrected chi connectivity index (χ2v) is 10.9. The van der Waals surface area contributed by atoms with Crippen molar-refractivity contribution in [3.63, 3.8) is 0 Å². The number of phenolic OH excluding ortho intramolecular Hbond substituents is 1. The minimum atomic E-state index is -0.586. The van der Waals surface area contributed by atoms with Gasteiger partial charge in [0, 0.05) is 16.9 Å². The summed E-state index contributed by atoms with van der Waals surface area (Å²) in [7, 11) is 0. The van der Waals surface area contributed by atoms with Crippen molar-refractivity contribution in [3.8, 4) is 35.2 Å². The number of aromatic nitrogens is 3. The molecule has 0 radical (unpaired) electrons. The summed E-state index contributed by atoms with van der Waals surface area (Å²) in [6.07, 6.45) is 9.43. The molecule has 2 N–H and O–H groups in total. The van der Waals surface area contributed by atoms with Gasteiger partial charge in [-0.05, 0) is 74.2 Å². The highest BCUT2D eigenvalue weighted by Gasteiger charge is 2.56. The highest BCUT2D eigenvalue weighted by atomic mass is 19.1. The van der Waals surface area contributed by atoms with Gasteiger partial charge in [0.2, 0.25) is 5.88 Å². The molecule has 1 aliphatic heterocycles. The van der Waals surface area contributed by atoms with Crippen molar-refractivity contribution in [2.75, 3.05) is 13.1 Å². The summed E-state index contributed by atoms with van der Waals surface area (Å²) in [5, 5.41) is 20.4. The average molecular weight is 499 g/mol. The number of nitrogens with zero attached hydrogens (tertiary/aromatic N) is 3. The predicted molar refractivity (Wildman–Crippen MR) is 134 cm³/mol. The maximum atomic E-state index is 16.7. The Kier molecular flexibility index (Phi) is 4.29. The Morgan fingerprint density at radius 1 is 1.08 bits per heavy atom. The van der Waals surface area contributed by atoms with Gasteiger partial charge in [0.1, 0.15) is 28.9 Å². The molecule has 2 aromatic heterocycles. The Balaban J connectivity index is 1.44. The molecule has 0 amide bonds. The Bertz CT molecular complexity index is 1670. The van der Waals surface area contributed by atoms with Gasteiger partial charge >= 0.3 is 0 Å². The van der Waals surface area contributed by atoms with Crippen LogP contribution in [0.2, 0.25) is 0 Å². The van der Waals surface area contributed by atoms with Crippen LogP contribution < -0.4 is 10.1 Å². The third kappa shape index (κ3) is 3.13. The molecular formula is C29H24F2N4O2. The minimum Gasteiger partial charge on any atom is -0.508 e. The molecule has 3 atom stereocenters. The molecule has 186 valence electrons. The second-order valence-electron chi connectivity index (χ2n) is 10.9. The quantitative estimate of drug-likeness (QED) is 0.378. The fourth-order valence-corrected chi connectivity index (χ4v) is 6.19. The van der Waals surface area contributed by atoms with Gasteiger partial charge in [-0.3, -0.25) is 4.68 Å². The fraction of sp³-hybridized carbons (Fsp3) is 0.379. The molecule has 6 nitrogen and oxygen atoms in total. The number of fused-ring (bicyclic) bond motifs is 3. The molecule has 1 unspecified atom stereocenters. The molecule has 8 rings (SSSR count). The lowest BCUT2D eigenvalue weighted by molar-refractivity contribution is 0.295. The highest BCUT2D eigenvalue weighted by Crippen LogP contribution is 2.58. The van der Waals surface area contributed by atoms with E-state index in [0.29, 0.717) is 39.4 Å². The first-order valence-corrected chi connectivity index (χ1v) is 12.9. The zero-order chi connectivity index (χ0) is 25.0. The van der Waals surface area contributed by atoms with Gasteiger partial charge in [-0.2, -0.15) is 5.10 Å². The number of aromatic hydroxyl groups is 1. The number of hydrogen-bond acceptors (Lipinski definition) is 5. The molecule has 0 bridgehead atoms. The van der Waals surface area contributed by atoms with Crippen LogP contribution in [0.5, 0.6) is 11.6 Å². The van der Waals surface area contributed by atoms with E-state index in [2.05, 4.69) is 11.2 Å². The lowest BCUT2D eigenvalue weighted by Crippen LogP contribution is -2.14. The summed E-state index contributed by atoms with van der Waals surface area (Å²) in [5.74, 6) is 2.82. The number of phenols is 1. The maximum absolute atomic E-state index is 16.7. The van der Waals surface area contributed by atoms with Crippen LogP contribution in [0.3, 0.4) is 0 Å². The van der Waals surface area contributed by atoms with E-state index >= 15 is 4.39 Å². The molecule has 3 saturated carbocycles. The number of piperidine rings is 1. The highest BCUT2D eigenvalue weighted by molar-refractivity contribution is 6.03. The van der Waals surface area contributed by atoms with Crippen molar-refractivity contribution in [3.05, 3.63) is 47.2 Å². The summed E-state index contributed by atoms with van der Waals surface area (Å²) in [5.41, 5.74) is 1.49. The summed E-state index contributed by atoms with van der Waals surface area (Å²) >= 11 is 0. The van der Waals surface area contributed by atoms with Crippen LogP contribution in [0.25, 0.3) is 32.9 Å². The monoisotopic (exact) mass is 498 g/mol. The van der Waals surface area contributed by atoms with Gasteiger partial charge in [-0.1, -0.05) is 12.0 Å². The number of rotatable bonds is 5. The first kappa shape index (κ1) is 21.4. The molecular weight excluding hydrogens is 474 g/mol. The Labute approximate surface area is 211 Å². The van der Waals surface area contributed by atoms with Crippen LogP contribution in [0.4, 0.5) is 8.78 Å². The van der Waals surface area contributed by atoms with Crippen LogP contribution >= 0.6 is 0 Å². The number of terminal acetylenes is 1. The van der Waals surface area contributed by atoms with E-state index in [1.54, 1.807) is 0 Å². The zero-order valence-electron chi connectivity index (χ0n) is 20.0. The third-order valence-electron chi connectivity index (χ3n) is 8.33. The largest absolute Gasteiger partial charge is 0.508 e. The predicted octanol–water partition coefficient (Wildman–Crippen LogP) is 5.03. The second kappa shape index (κ2) is 7.42. The number of ether oxygens (including phenoxy) is 1. The van der Waals surface area contributed by atoms with Gasteiger partial charge in [0.25, 0.3) is 0 Å². The molecule has 2 aromatic carbocycles. The first-order chi connectivity index (χ1) is 18.0. The van der Waals surface area contributed by atoms with E-state index in [9.17, 15) is 9.50 Å². The topological polar surface area (TPSA) is 72.2 Å². The van der Waals surface area contributed by atoms with Gasteiger partial charge in [-0.15, -0.1) is 6.42 Å². The normalized spacial score (nSPS) is 24.4. The molecule has 0 spiro atoms. The first-order valence-electron chi connectivity index (χ1n) is 12.9. The summed E-state index contributed by atoms with van der Waals surface area (Å²) in [6, 6.07) is 5.80. The minimum absolute atomic E-state index is 0.00755. The number of hydrogen-bond donors (Lipinski definition) is 2. The summed E-state index contributed by atoms with van der Waals surface area (Å²) in [4.78, 5) is 4.74. The van der Waals surface area contributed by atoms with Crippen LogP contribution in [0.15, 0.2) is 24.3 Å². The van der Waals surface area contributed by atoms with Gasteiger partial charge < -0.3 is 15.2 Å². The van der Waals surface area contributed by atoms with Crippen molar-refractivity contribution in [1.82, 2.24) is 20.1 Å². The van der Waals surface area contributed by atoms with Crippen molar-refractivity contribution in [1.29, 1.82) is 0 Å². The molecule has 3 aliphatic carbocycles. The molecule has 1 saturated heterocycles. The maximum Gasteiger partial charge on any atom is 0.225 e. The van der Waals surface area contributed by atoms with E-state index in [1.165, 1.54) is 24.3 Å². The smallest absolute Gasteiger partial charge is 0.225 e.